The van der Waals surface area contributed by atoms with E-state index in [1.54, 1.807) is 0 Å². The predicted molar refractivity (Wildman–Crippen MR) is 75.3 cm³/mol. The van der Waals surface area contributed by atoms with Crippen molar-refractivity contribution in [2.24, 2.45) is 0 Å². The topological polar surface area (TPSA) is 15.3 Å². The van der Waals surface area contributed by atoms with Crippen molar-refractivity contribution in [3.63, 3.8) is 0 Å². The van der Waals surface area contributed by atoms with E-state index >= 15 is 0 Å². The molecule has 3 unspecified atom stereocenters. The lowest BCUT2D eigenvalue weighted by Gasteiger charge is -2.38. The lowest BCUT2D eigenvalue weighted by Crippen LogP contribution is -2.50. The molecule has 1 aliphatic rings. The van der Waals surface area contributed by atoms with Gasteiger partial charge >= 0.3 is 0 Å². The summed E-state index contributed by atoms with van der Waals surface area (Å²) in [7, 11) is 0. The molecule has 0 spiro atoms. The molecule has 1 N–H and O–H groups in total. The maximum atomic E-state index is 3.83. The van der Waals surface area contributed by atoms with E-state index in [9.17, 15) is 0 Å². The van der Waals surface area contributed by atoms with Gasteiger partial charge in [0.2, 0.25) is 0 Å². The zero-order valence-corrected chi connectivity index (χ0v) is 12.1. The molecule has 0 aliphatic carbocycles. The van der Waals surface area contributed by atoms with Gasteiger partial charge in [-0.25, -0.2) is 0 Å². The highest BCUT2D eigenvalue weighted by Crippen LogP contribution is 2.18. The van der Waals surface area contributed by atoms with Crippen LogP contribution in [0.5, 0.6) is 0 Å². The lowest BCUT2D eigenvalue weighted by atomic mass is 9.97. The van der Waals surface area contributed by atoms with Crippen LogP contribution in [0.3, 0.4) is 0 Å². The van der Waals surface area contributed by atoms with Crippen molar-refractivity contribution in [3.05, 3.63) is 0 Å². The molecule has 3 atom stereocenters. The Hall–Kier alpha value is 0.270. The number of piperidine rings is 1. The molecule has 0 aromatic carbocycles. The smallest absolute Gasteiger partial charge is 0.0158 e. The van der Waals surface area contributed by atoms with Crippen molar-refractivity contribution < 1.29 is 0 Å². The Balaban J connectivity index is 2.33. The first-order valence-electron chi connectivity index (χ1n) is 6.70. The van der Waals surface area contributed by atoms with Crippen LogP contribution in [0.2, 0.25) is 0 Å². The van der Waals surface area contributed by atoms with E-state index in [1.165, 1.54) is 38.1 Å². The van der Waals surface area contributed by atoms with Crippen LogP contribution in [-0.4, -0.2) is 48.1 Å². The molecule has 1 heterocycles. The summed E-state index contributed by atoms with van der Waals surface area (Å²) in [6.07, 6.45) is 6.09. The van der Waals surface area contributed by atoms with Gasteiger partial charge in [-0.15, -0.1) is 0 Å². The fraction of sp³-hybridized carbons (Fsp3) is 1.00. The van der Waals surface area contributed by atoms with E-state index in [-0.39, 0.29) is 0 Å². The summed E-state index contributed by atoms with van der Waals surface area (Å²) in [5.74, 6) is 1.25. The molecule has 0 bridgehead atoms. The minimum absolute atomic E-state index is 0.709. The first-order chi connectivity index (χ1) is 7.71. The molecule has 0 amide bonds. The molecule has 1 aliphatic heterocycles. The number of likely N-dealkylation sites (tertiary alicyclic amines) is 1. The highest BCUT2D eigenvalue weighted by atomic mass is 32.2. The maximum absolute atomic E-state index is 3.83. The monoisotopic (exact) mass is 244 g/mol. The highest BCUT2D eigenvalue weighted by Gasteiger charge is 2.25. The summed E-state index contributed by atoms with van der Waals surface area (Å²) in [5, 5.41) is 3.83. The molecule has 1 rings (SSSR count). The van der Waals surface area contributed by atoms with Gasteiger partial charge in [0.05, 0.1) is 0 Å². The van der Waals surface area contributed by atoms with Gasteiger partial charge in [0.25, 0.3) is 0 Å². The molecule has 0 aromatic heterocycles. The van der Waals surface area contributed by atoms with Crippen LogP contribution < -0.4 is 5.32 Å². The van der Waals surface area contributed by atoms with Gasteiger partial charge in [0.15, 0.2) is 0 Å². The van der Waals surface area contributed by atoms with Crippen molar-refractivity contribution in [1.82, 2.24) is 10.2 Å². The molecule has 0 saturated carbocycles. The minimum atomic E-state index is 0.709. The van der Waals surface area contributed by atoms with Gasteiger partial charge in [-0.1, -0.05) is 13.8 Å². The molecule has 16 heavy (non-hydrogen) atoms. The van der Waals surface area contributed by atoms with E-state index in [4.69, 9.17) is 0 Å². The number of nitrogens with one attached hydrogen (secondary N) is 1. The standard InChI is InChI=1S/C13H28N2S/c1-5-12(10-16-4)14-13-7-8-15(6-2)11(3)9-13/h11-14H,5-10H2,1-4H3. The van der Waals surface area contributed by atoms with Crippen molar-refractivity contribution in [2.45, 2.75) is 58.2 Å². The Morgan fingerprint density at radius 3 is 2.69 bits per heavy atom. The molecule has 0 aromatic rings. The molecule has 1 fully saturated rings. The van der Waals surface area contributed by atoms with Crippen LogP contribution in [0.4, 0.5) is 0 Å². The van der Waals surface area contributed by atoms with E-state index < -0.39 is 0 Å². The minimum Gasteiger partial charge on any atom is -0.310 e. The largest absolute Gasteiger partial charge is 0.310 e. The summed E-state index contributed by atoms with van der Waals surface area (Å²) < 4.78 is 0. The van der Waals surface area contributed by atoms with Crippen LogP contribution in [-0.2, 0) is 0 Å². The van der Waals surface area contributed by atoms with Crippen molar-refractivity contribution >= 4 is 11.8 Å². The molecule has 96 valence electrons. The van der Waals surface area contributed by atoms with Gasteiger partial charge in [-0.05, 0) is 45.5 Å². The number of hydrogen-bond donors (Lipinski definition) is 1. The van der Waals surface area contributed by atoms with Gasteiger partial charge in [0.1, 0.15) is 0 Å². The Bertz CT molecular complexity index is 187. The zero-order valence-electron chi connectivity index (χ0n) is 11.3. The van der Waals surface area contributed by atoms with Crippen LogP contribution in [0.15, 0.2) is 0 Å². The fourth-order valence-electron chi connectivity index (χ4n) is 2.66. The summed E-state index contributed by atoms with van der Waals surface area (Å²) >= 11 is 1.96. The van der Waals surface area contributed by atoms with E-state index in [0.29, 0.717) is 6.04 Å². The van der Waals surface area contributed by atoms with Crippen LogP contribution in [0.1, 0.15) is 40.0 Å². The van der Waals surface area contributed by atoms with E-state index in [2.05, 4.69) is 37.2 Å². The normalized spacial score (nSPS) is 29.2. The second-order valence-electron chi connectivity index (χ2n) is 4.93. The van der Waals surface area contributed by atoms with Crippen LogP contribution in [0.25, 0.3) is 0 Å². The third-order valence-electron chi connectivity index (χ3n) is 3.75. The maximum Gasteiger partial charge on any atom is 0.0158 e. The number of thioether (sulfide) groups is 1. The summed E-state index contributed by atoms with van der Waals surface area (Å²) in [4.78, 5) is 2.59. The van der Waals surface area contributed by atoms with Gasteiger partial charge in [0, 0.05) is 23.9 Å². The first kappa shape index (κ1) is 14.3. The van der Waals surface area contributed by atoms with E-state index in [0.717, 1.165) is 12.1 Å². The number of hydrogen-bond acceptors (Lipinski definition) is 3. The quantitative estimate of drug-likeness (QED) is 0.773. The number of nitrogens with zero attached hydrogens (tertiary/aromatic N) is 1. The third-order valence-corrected chi connectivity index (χ3v) is 4.49. The van der Waals surface area contributed by atoms with Crippen molar-refractivity contribution in [2.75, 3.05) is 25.1 Å². The van der Waals surface area contributed by atoms with E-state index in [1.807, 2.05) is 11.8 Å². The Kier molecular flexibility index (Phi) is 6.78. The molecule has 1 saturated heterocycles. The second-order valence-corrected chi connectivity index (χ2v) is 5.84. The average Bonchev–Trinajstić information content (AvgIpc) is 2.28. The Morgan fingerprint density at radius 1 is 1.44 bits per heavy atom. The zero-order chi connectivity index (χ0) is 12.0. The molecular weight excluding hydrogens is 216 g/mol. The molecule has 3 heteroatoms. The second kappa shape index (κ2) is 7.57. The van der Waals surface area contributed by atoms with Gasteiger partial charge in [-0.2, -0.15) is 11.8 Å². The van der Waals surface area contributed by atoms with Gasteiger partial charge in [-0.3, -0.25) is 0 Å². The Morgan fingerprint density at radius 2 is 2.19 bits per heavy atom. The highest BCUT2D eigenvalue weighted by molar-refractivity contribution is 7.98. The summed E-state index contributed by atoms with van der Waals surface area (Å²) in [5.41, 5.74) is 0. The third kappa shape index (κ3) is 4.27. The summed E-state index contributed by atoms with van der Waals surface area (Å²) in [6, 6.07) is 2.21. The number of rotatable bonds is 6. The fourth-order valence-corrected chi connectivity index (χ4v) is 3.39. The SMILES string of the molecule is CCC(CSC)NC1CCN(CC)C(C)C1. The van der Waals surface area contributed by atoms with Crippen LogP contribution in [0, 0.1) is 0 Å². The predicted octanol–water partition coefficient (Wildman–Crippen LogP) is 2.59. The van der Waals surface area contributed by atoms with Gasteiger partial charge < -0.3 is 10.2 Å². The lowest BCUT2D eigenvalue weighted by molar-refractivity contribution is 0.139. The first-order valence-corrected chi connectivity index (χ1v) is 8.09. The van der Waals surface area contributed by atoms with Crippen molar-refractivity contribution in [1.29, 1.82) is 0 Å². The van der Waals surface area contributed by atoms with Crippen LogP contribution >= 0.6 is 11.8 Å². The molecular formula is C13H28N2S. The summed E-state index contributed by atoms with van der Waals surface area (Å²) in [6.45, 7) is 9.40. The Labute approximate surface area is 106 Å². The van der Waals surface area contributed by atoms with Crippen molar-refractivity contribution in [3.8, 4) is 0 Å². The average molecular weight is 244 g/mol. The molecule has 0 radical (unpaired) electrons. The molecule has 2 nitrogen and oxygen atoms in total.